The second kappa shape index (κ2) is 9.03. The van der Waals surface area contributed by atoms with Gasteiger partial charge in [0, 0.05) is 16.6 Å². The Bertz CT molecular complexity index is 1340. The lowest BCUT2D eigenvalue weighted by atomic mass is 10.0. The van der Waals surface area contributed by atoms with Crippen molar-refractivity contribution in [3.05, 3.63) is 90.0 Å². The minimum atomic E-state index is -0.357. The predicted molar refractivity (Wildman–Crippen MR) is 124 cm³/mol. The second-order valence-corrected chi connectivity index (χ2v) is 7.34. The van der Waals surface area contributed by atoms with Crippen molar-refractivity contribution in [3.63, 3.8) is 0 Å². The Labute approximate surface area is 188 Å². The molecule has 3 N–H and O–H groups in total. The lowest BCUT2D eigenvalue weighted by molar-refractivity contribution is -0.111. The molecular weight excluding hydrogens is 431 g/mol. The first-order valence-electron chi connectivity index (χ1n) is 9.59. The normalized spacial score (nSPS) is 10.7. The summed E-state index contributed by atoms with van der Waals surface area (Å²) in [6, 6.07) is 14.9. The Balaban J connectivity index is 1.70. The maximum absolute atomic E-state index is 13.4. The fourth-order valence-electron chi connectivity index (χ4n) is 3.25. The number of fused-ring (bicyclic) bond motifs is 1. The highest BCUT2D eigenvalue weighted by atomic mass is 35.5. The lowest BCUT2D eigenvalue weighted by Gasteiger charge is -2.13. The second-order valence-electron chi connectivity index (χ2n) is 6.94. The highest BCUT2D eigenvalue weighted by Gasteiger charge is 2.13. The zero-order chi connectivity index (χ0) is 22.7. The molecule has 32 heavy (non-hydrogen) atoms. The van der Waals surface area contributed by atoms with Gasteiger partial charge in [-0.25, -0.2) is 14.4 Å². The molecule has 0 bridgehead atoms. The monoisotopic (exact) mass is 448 g/mol. The van der Waals surface area contributed by atoms with Crippen LogP contribution in [-0.2, 0) is 11.4 Å². The molecule has 0 saturated heterocycles. The van der Waals surface area contributed by atoms with Gasteiger partial charge in [0.25, 0.3) is 0 Å². The summed E-state index contributed by atoms with van der Waals surface area (Å²) in [5, 5.41) is 3.69. The third-order valence-electron chi connectivity index (χ3n) is 4.75. The number of nitrogens with two attached hydrogens (primary N) is 1. The van der Waals surface area contributed by atoms with Crippen molar-refractivity contribution >= 4 is 39.9 Å². The van der Waals surface area contributed by atoms with Crippen molar-refractivity contribution in [3.8, 4) is 16.9 Å². The predicted octanol–water partition coefficient (Wildman–Crippen LogP) is 5.38. The number of ether oxygens (including phenoxy) is 1. The average molecular weight is 449 g/mol. The number of carbonyl (C=O) groups is 1. The molecule has 4 rings (SSSR count). The van der Waals surface area contributed by atoms with E-state index in [4.69, 9.17) is 22.1 Å². The molecule has 1 amide bonds. The number of nitrogen functional groups attached to an aromatic ring is 1. The summed E-state index contributed by atoms with van der Waals surface area (Å²) < 4.78 is 19.1. The molecule has 0 aliphatic carbocycles. The van der Waals surface area contributed by atoms with E-state index >= 15 is 0 Å². The summed E-state index contributed by atoms with van der Waals surface area (Å²) in [7, 11) is 0. The summed E-state index contributed by atoms with van der Waals surface area (Å²) in [6.07, 6.45) is 2.55. The number of hydrogen-bond donors (Lipinski definition) is 2. The third kappa shape index (κ3) is 4.53. The molecule has 160 valence electrons. The Morgan fingerprint density at radius 3 is 2.78 bits per heavy atom. The number of amides is 1. The molecular formula is C24H18ClFN4O2. The van der Waals surface area contributed by atoms with Crippen molar-refractivity contribution < 1.29 is 13.9 Å². The Morgan fingerprint density at radius 2 is 2.03 bits per heavy atom. The summed E-state index contributed by atoms with van der Waals surface area (Å²) >= 11 is 6.47. The van der Waals surface area contributed by atoms with E-state index < -0.39 is 0 Å². The molecule has 1 aromatic heterocycles. The Morgan fingerprint density at radius 1 is 1.19 bits per heavy atom. The summed E-state index contributed by atoms with van der Waals surface area (Å²) in [5.74, 6) is 0.0512. The topological polar surface area (TPSA) is 90.1 Å². The molecule has 0 spiro atoms. The molecule has 0 unspecified atom stereocenters. The van der Waals surface area contributed by atoms with Crippen LogP contribution in [0.4, 0.5) is 15.9 Å². The van der Waals surface area contributed by atoms with E-state index in [0.717, 1.165) is 5.56 Å². The number of halogens is 2. The van der Waals surface area contributed by atoms with Gasteiger partial charge in [-0.1, -0.05) is 36.4 Å². The maximum atomic E-state index is 13.4. The van der Waals surface area contributed by atoms with E-state index in [1.165, 1.54) is 24.5 Å². The van der Waals surface area contributed by atoms with Crippen molar-refractivity contribution in [2.75, 3.05) is 11.1 Å². The van der Waals surface area contributed by atoms with Crippen LogP contribution in [0, 0.1) is 5.82 Å². The van der Waals surface area contributed by atoms with Gasteiger partial charge in [0.05, 0.1) is 10.5 Å². The first-order chi connectivity index (χ1) is 15.4. The number of carbonyl (C=O) groups excluding carboxylic acids is 1. The first-order valence-corrected chi connectivity index (χ1v) is 9.97. The van der Waals surface area contributed by atoms with Crippen LogP contribution in [0.25, 0.3) is 22.0 Å². The van der Waals surface area contributed by atoms with Crippen LogP contribution >= 0.6 is 11.6 Å². The molecule has 3 aromatic carbocycles. The molecule has 0 radical (unpaired) electrons. The quantitative estimate of drug-likeness (QED) is 0.387. The van der Waals surface area contributed by atoms with Crippen molar-refractivity contribution in [1.82, 2.24) is 9.97 Å². The van der Waals surface area contributed by atoms with Crippen LogP contribution in [0.2, 0.25) is 5.02 Å². The minimum Gasteiger partial charge on any atom is -0.487 e. The van der Waals surface area contributed by atoms with Gasteiger partial charge in [0.2, 0.25) is 5.91 Å². The Hall–Kier alpha value is -3.97. The fraction of sp³-hybridized carbons (Fsp3) is 0.0417. The molecule has 1 heterocycles. The maximum Gasteiger partial charge on any atom is 0.247 e. The van der Waals surface area contributed by atoms with Crippen LogP contribution in [0.5, 0.6) is 5.75 Å². The average Bonchev–Trinajstić information content (AvgIpc) is 2.78. The van der Waals surface area contributed by atoms with Gasteiger partial charge in [-0.2, -0.15) is 0 Å². The summed E-state index contributed by atoms with van der Waals surface area (Å²) in [4.78, 5) is 20.2. The number of anilines is 2. The van der Waals surface area contributed by atoms with Gasteiger partial charge in [0.15, 0.2) is 0 Å². The Kier molecular flexibility index (Phi) is 6.00. The van der Waals surface area contributed by atoms with Gasteiger partial charge in [0.1, 0.15) is 30.3 Å². The number of aromatic nitrogens is 2. The van der Waals surface area contributed by atoms with E-state index in [9.17, 15) is 9.18 Å². The van der Waals surface area contributed by atoms with E-state index in [-0.39, 0.29) is 24.1 Å². The SMILES string of the molecule is C=CC(=O)Nc1cc(-c2ccc(OCc3cccc(F)c3)c(Cl)c2)c2ncnc(N)c2c1. The summed E-state index contributed by atoms with van der Waals surface area (Å²) in [5.41, 5.74) is 9.30. The molecule has 4 aromatic rings. The zero-order valence-electron chi connectivity index (χ0n) is 16.8. The highest BCUT2D eigenvalue weighted by molar-refractivity contribution is 6.32. The minimum absolute atomic E-state index is 0.173. The van der Waals surface area contributed by atoms with Gasteiger partial charge < -0.3 is 15.8 Å². The smallest absolute Gasteiger partial charge is 0.247 e. The van der Waals surface area contributed by atoms with E-state index in [2.05, 4.69) is 21.9 Å². The van der Waals surface area contributed by atoms with Crippen molar-refractivity contribution in [2.45, 2.75) is 6.61 Å². The number of rotatable bonds is 6. The molecule has 0 aliphatic heterocycles. The van der Waals surface area contributed by atoms with Crippen molar-refractivity contribution in [1.29, 1.82) is 0 Å². The standard InChI is InChI=1S/C24H18ClFN4O2/c1-2-22(31)30-17-10-18(23-19(11-17)24(27)29-13-28-23)15-6-7-21(20(25)9-15)32-12-14-4-3-5-16(26)8-14/h2-11,13H,1,12H2,(H,30,31)(H2,27,28,29). The lowest BCUT2D eigenvalue weighted by Crippen LogP contribution is -2.08. The van der Waals surface area contributed by atoms with Crippen LogP contribution < -0.4 is 15.8 Å². The molecule has 0 atom stereocenters. The first kappa shape index (κ1) is 21.3. The number of benzene rings is 3. The van der Waals surface area contributed by atoms with Gasteiger partial charge >= 0.3 is 0 Å². The molecule has 6 nitrogen and oxygen atoms in total. The zero-order valence-corrected chi connectivity index (χ0v) is 17.6. The molecule has 8 heteroatoms. The molecule has 0 saturated carbocycles. The number of nitrogens with zero attached hydrogens (tertiary/aromatic N) is 2. The van der Waals surface area contributed by atoms with Crippen LogP contribution in [-0.4, -0.2) is 15.9 Å². The number of hydrogen-bond acceptors (Lipinski definition) is 5. The van der Waals surface area contributed by atoms with Gasteiger partial charge in [-0.3, -0.25) is 4.79 Å². The molecule has 0 aliphatic rings. The fourth-order valence-corrected chi connectivity index (χ4v) is 3.48. The third-order valence-corrected chi connectivity index (χ3v) is 5.04. The van der Waals surface area contributed by atoms with Gasteiger partial charge in [-0.05, 0) is 53.6 Å². The van der Waals surface area contributed by atoms with Crippen LogP contribution in [0.15, 0.2) is 73.6 Å². The summed E-state index contributed by atoms with van der Waals surface area (Å²) in [6.45, 7) is 3.64. The molecule has 0 fully saturated rings. The largest absolute Gasteiger partial charge is 0.487 e. The van der Waals surface area contributed by atoms with Crippen LogP contribution in [0.3, 0.4) is 0 Å². The van der Waals surface area contributed by atoms with Crippen molar-refractivity contribution in [2.24, 2.45) is 0 Å². The van der Waals surface area contributed by atoms with E-state index in [1.807, 2.05) is 6.07 Å². The van der Waals surface area contributed by atoms with Gasteiger partial charge in [-0.15, -0.1) is 0 Å². The number of nitrogens with one attached hydrogen (secondary N) is 1. The van der Waals surface area contributed by atoms with Crippen LogP contribution in [0.1, 0.15) is 5.56 Å². The van der Waals surface area contributed by atoms with E-state index in [1.54, 1.807) is 36.4 Å². The van der Waals surface area contributed by atoms with E-state index in [0.29, 0.717) is 38.5 Å². The highest BCUT2D eigenvalue weighted by Crippen LogP contribution is 2.36.